The van der Waals surface area contributed by atoms with Gasteiger partial charge in [-0.2, -0.15) is 0 Å². The molecule has 1 aliphatic rings. The first-order valence-corrected chi connectivity index (χ1v) is 6.97. The maximum absolute atomic E-state index is 12.4. The quantitative estimate of drug-likeness (QED) is 0.897. The van der Waals surface area contributed by atoms with Crippen molar-refractivity contribution in [1.82, 2.24) is 20.2 Å². The summed E-state index contributed by atoms with van der Waals surface area (Å²) in [4.78, 5) is 27.2. The van der Waals surface area contributed by atoms with Crippen LogP contribution in [0.3, 0.4) is 0 Å². The second kappa shape index (κ2) is 5.60. The van der Waals surface area contributed by atoms with E-state index in [0.29, 0.717) is 12.0 Å². The molecule has 116 valence electrons. The highest BCUT2D eigenvalue weighted by atomic mass is 35.5. The summed E-state index contributed by atoms with van der Waals surface area (Å²) >= 11 is 5.98. The van der Waals surface area contributed by atoms with E-state index in [-0.39, 0.29) is 34.7 Å². The average molecular weight is 329 g/mol. The fraction of sp³-hybridized carbons (Fsp3) is 0.385. The second-order valence-corrected chi connectivity index (χ2v) is 5.55. The predicted molar refractivity (Wildman–Crippen MR) is 75.2 cm³/mol. The van der Waals surface area contributed by atoms with Crippen molar-refractivity contribution in [3.05, 3.63) is 43.8 Å². The smallest absolute Gasteiger partial charge is 0.313 e. The molecule has 0 radical (unpaired) electrons. The zero-order chi connectivity index (χ0) is 15.9. The Balaban J connectivity index is 1.94. The monoisotopic (exact) mass is 328 g/mol. The lowest BCUT2D eigenvalue weighted by molar-refractivity contribution is 0.129. The Morgan fingerprint density at radius 2 is 2.14 bits per heavy atom. The molecular formula is C13H11ClF2N4O2. The van der Waals surface area contributed by atoms with Crippen molar-refractivity contribution in [2.45, 2.75) is 25.2 Å². The Morgan fingerprint density at radius 1 is 1.36 bits per heavy atom. The number of aromatic nitrogens is 4. The fourth-order valence-corrected chi connectivity index (χ4v) is 2.73. The van der Waals surface area contributed by atoms with Gasteiger partial charge in [-0.3, -0.25) is 9.78 Å². The van der Waals surface area contributed by atoms with Crippen LogP contribution in [0.5, 0.6) is 0 Å². The maximum atomic E-state index is 12.4. The van der Waals surface area contributed by atoms with E-state index in [9.17, 15) is 18.4 Å². The van der Waals surface area contributed by atoms with Gasteiger partial charge in [0.15, 0.2) is 5.15 Å². The number of rotatable bonds is 4. The van der Waals surface area contributed by atoms with Gasteiger partial charge in [0.05, 0.1) is 5.56 Å². The summed E-state index contributed by atoms with van der Waals surface area (Å²) < 4.78 is 24.8. The van der Waals surface area contributed by atoms with Gasteiger partial charge in [0.2, 0.25) is 6.43 Å². The summed E-state index contributed by atoms with van der Waals surface area (Å²) in [6, 6.07) is 1.56. The molecular weight excluding hydrogens is 318 g/mol. The molecule has 0 spiro atoms. The van der Waals surface area contributed by atoms with E-state index in [4.69, 9.17) is 11.6 Å². The van der Waals surface area contributed by atoms with Gasteiger partial charge in [0.25, 0.3) is 5.56 Å². The Hall–Kier alpha value is -2.09. The largest absolute Gasteiger partial charge is 0.325 e. The van der Waals surface area contributed by atoms with Crippen LogP contribution in [0.1, 0.15) is 24.3 Å². The molecule has 1 aliphatic carbocycles. The minimum Gasteiger partial charge on any atom is -0.313 e. The SMILES string of the molecule is O=c1[nH]cc(-c2cc([C@@H]3C[C@H]3CC(F)F)c(Cl)nn2)c(=O)[nH]1. The van der Waals surface area contributed by atoms with Crippen molar-refractivity contribution in [2.75, 3.05) is 0 Å². The molecule has 9 heteroatoms. The Labute approximate surface area is 127 Å². The summed E-state index contributed by atoms with van der Waals surface area (Å²) in [6.45, 7) is 0. The zero-order valence-electron chi connectivity index (χ0n) is 11.1. The van der Waals surface area contributed by atoms with Crippen LogP contribution in [0.15, 0.2) is 21.9 Å². The standard InChI is InChI=1S/C13H11ClF2N4O2/c14-11-7(6-1-5(6)2-10(15)16)3-9(19-20-11)8-4-17-13(22)18-12(8)21/h3-6,10H,1-2H2,(H2,17,18,21,22)/t5-,6+/m0/s1. The molecule has 0 saturated heterocycles. The number of nitrogens with zero attached hydrogens (tertiary/aromatic N) is 2. The molecule has 22 heavy (non-hydrogen) atoms. The van der Waals surface area contributed by atoms with Crippen LogP contribution in [0, 0.1) is 5.92 Å². The molecule has 0 aliphatic heterocycles. The van der Waals surface area contributed by atoms with E-state index < -0.39 is 17.7 Å². The van der Waals surface area contributed by atoms with Crippen molar-refractivity contribution >= 4 is 11.6 Å². The molecule has 2 aromatic rings. The first-order valence-electron chi connectivity index (χ1n) is 6.59. The van der Waals surface area contributed by atoms with Crippen LogP contribution >= 0.6 is 11.6 Å². The molecule has 3 rings (SSSR count). The maximum Gasteiger partial charge on any atom is 0.325 e. The summed E-state index contributed by atoms with van der Waals surface area (Å²) in [5.41, 5.74) is -0.264. The third kappa shape index (κ3) is 2.92. The van der Waals surface area contributed by atoms with E-state index in [2.05, 4.69) is 20.2 Å². The first kappa shape index (κ1) is 14.8. The van der Waals surface area contributed by atoms with Crippen molar-refractivity contribution < 1.29 is 8.78 Å². The van der Waals surface area contributed by atoms with Gasteiger partial charge in [-0.15, -0.1) is 10.2 Å². The van der Waals surface area contributed by atoms with Crippen molar-refractivity contribution in [1.29, 1.82) is 0 Å². The number of alkyl halides is 2. The number of nitrogens with one attached hydrogen (secondary N) is 2. The lowest BCUT2D eigenvalue weighted by Crippen LogP contribution is -2.23. The van der Waals surface area contributed by atoms with E-state index in [1.54, 1.807) is 6.07 Å². The molecule has 0 amide bonds. The topological polar surface area (TPSA) is 91.5 Å². The van der Waals surface area contributed by atoms with Gasteiger partial charge in [0, 0.05) is 12.6 Å². The Kier molecular flexibility index (Phi) is 3.78. The summed E-state index contributed by atoms with van der Waals surface area (Å²) in [7, 11) is 0. The lowest BCUT2D eigenvalue weighted by Gasteiger charge is -2.05. The predicted octanol–water partition coefficient (Wildman–Crippen LogP) is 1.93. The van der Waals surface area contributed by atoms with Gasteiger partial charge >= 0.3 is 5.69 Å². The highest BCUT2D eigenvalue weighted by molar-refractivity contribution is 6.30. The first-order chi connectivity index (χ1) is 10.5. The molecule has 2 heterocycles. The van der Waals surface area contributed by atoms with Crippen LogP contribution in [0.2, 0.25) is 5.15 Å². The minimum atomic E-state index is -2.36. The van der Waals surface area contributed by atoms with Crippen molar-refractivity contribution in [3.8, 4) is 11.3 Å². The van der Waals surface area contributed by atoms with E-state index in [1.807, 2.05) is 0 Å². The third-order valence-corrected chi connectivity index (χ3v) is 3.97. The molecule has 6 nitrogen and oxygen atoms in total. The zero-order valence-corrected chi connectivity index (χ0v) is 11.9. The number of hydrogen-bond donors (Lipinski definition) is 2. The summed E-state index contributed by atoms with van der Waals surface area (Å²) in [6.07, 6.45) is -0.702. The Morgan fingerprint density at radius 3 is 2.82 bits per heavy atom. The van der Waals surface area contributed by atoms with E-state index >= 15 is 0 Å². The Bertz CT molecular complexity index is 820. The van der Waals surface area contributed by atoms with Gasteiger partial charge in [-0.05, 0) is 29.9 Å². The number of halogens is 3. The summed E-state index contributed by atoms with van der Waals surface area (Å²) in [5, 5.41) is 7.75. The minimum absolute atomic E-state index is 0.0995. The highest BCUT2D eigenvalue weighted by Crippen LogP contribution is 2.52. The number of H-pyrrole nitrogens is 2. The lowest BCUT2D eigenvalue weighted by atomic mass is 10.1. The molecule has 1 fully saturated rings. The second-order valence-electron chi connectivity index (χ2n) is 5.19. The molecule has 0 bridgehead atoms. The van der Waals surface area contributed by atoms with E-state index in [0.717, 1.165) is 0 Å². The number of aromatic amines is 2. The van der Waals surface area contributed by atoms with Gasteiger partial charge in [0.1, 0.15) is 5.69 Å². The molecule has 1 saturated carbocycles. The summed E-state index contributed by atoms with van der Waals surface area (Å²) in [5.74, 6) is -0.235. The van der Waals surface area contributed by atoms with Gasteiger partial charge in [-0.1, -0.05) is 11.6 Å². The molecule has 2 atom stereocenters. The highest BCUT2D eigenvalue weighted by Gasteiger charge is 2.41. The van der Waals surface area contributed by atoms with Gasteiger partial charge in [-0.25, -0.2) is 13.6 Å². The normalized spacial score (nSPS) is 20.4. The van der Waals surface area contributed by atoms with Crippen LogP contribution < -0.4 is 11.2 Å². The fourth-order valence-electron chi connectivity index (χ4n) is 2.50. The third-order valence-electron chi connectivity index (χ3n) is 3.67. The van der Waals surface area contributed by atoms with Crippen molar-refractivity contribution in [3.63, 3.8) is 0 Å². The van der Waals surface area contributed by atoms with E-state index in [1.165, 1.54) is 6.20 Å². The average Bonchev–Trinajstić information content (AvgIpc) is 3.18. The molecule has 2 N–H and O–H groups in total. The van der Waals surface area contributed by atoms with Crippen molar-refractivity contribution in [2.24, 2.45) is 5.92 Å². The van der Waals surface area contributed by atoms with Crippen LogP contribution in [-0.4, -0.2) is 26.6 Å². The van der Waals surface area contributed by atoms with Gasteiger partial charge < -0.3 is 4.98 Å². The molecule has 0 unspecified atom stereocenters. The van der Waals surface area contributed by atoms with Crippen LogP contribution in [0.4, 0.5) is 8.78 Å². The van der Waals surface area contributed by atoms with Crippen LogP contribution in [0.25, 0.3) is 11.3 Å². The molecule has 2 aromatic heterocycles. The number of hydrogen-bond acceptors (Lipinski definition) is 4. The molecule has 0 aromatic carbocycles. The van der Waals surface area contributed by atoms with Crippen LogP contribution in [-0.2, 0) is 0 Å².